The molecule has 1 saturated carbocycles. The molecule has 0 unspecified atom stereocenters. The lowest BCUT2D eigenvalue weighted by molar-refractivity contribution is -0.152. The molecule has 0 heterocycles. The van der Waals surface area contributed by atoms with Gasteiger partial charge in [0.2, 0.25) is 5.75 Å². The molecule has 0 saturated heterocycles. The summed E-state index contributed by atoms with van der Waals surface area (Å²) in [6.07, 6.45) is 4.13. The maximum atomic E-state index is 12.2. The van der Waals surface area contributed by atoms with Crippen LogP contribution < -0.4 is 14.2 Å². The fourth-order valence-electron chi connectivity index (χ4n) is 4.04. The van der Waals surface area contributed by atoms with Gasteiger partial charge in [0.1, 0.15) is 13.2 Å². The van der Waals surface area contributed by atoms with Crippen molar-refractivity contribution in [1.29, 1.82) is 0 Å². The molecule has 30 heavy (non-hydrogen) atoms. The highest BCUT2D eigenvalue weighted by molar-refractivity contribution is 6.02. The van der Waals surface area contributed by atoms with E-state index in [0.29, 0.717) is 30.1 Å². The van der Waals surface area contributed by atoms with Crippen molar-refractivity contribution in [3.63, 3.8) is 0 Å². The molecule has 0 bridgehead atoms. The second-order valence-electron chi connectivity index (χ2n) is 7.58. The van der Waals surface area contributed by atoms with Gasteiger partial charge < -0.3 is 18.9 Å². The van der Waals surface area contributed by atoms with Crippen LogP contribution in [0, 0.1) is 5.92 Å². The van der Waals surface area contributed by atoms with E-state index in [2.05, 4.69) is 0 Å². The molecule has 0 spiro atoms. The van der Waals surface area contributed by atoms with Crippen LogP contribution in [-0.4, -0.2) is 39.2 Å². The third kappa shape index (κ3) is 3.74. The largest absolute Gasteiger partial charge is 0.493 e. The van der Waals surface area contributed by atoms with Gasteiger partial charge in [-0.15, -0.1) is 0 Å². The zero-order valence-corrected chi connectivity index (χ0v) is 17.4. The average molecular weight is 410 g/mol. The maximum absolute atomic E-state index is 12.2. The van der Waals surface area contributed by atoms with E-state index in [-0.39, 0.29) is 30.9 Å². The Morgan fingerprint density at radius 1 is 0.933 bits per heavy atom. The summed E-state index contributed by atoms with van der Waals surface area (Å²) in [7, 11) is 3.13. The summed E-state index contributed by atoms with van der Waals surface area (Å²) in [6, 6.07) is 9.49. The summed E-state index contributed by atoms with van der Waals surface area (Å²) < 4.78 is 22.4. The number of Topliss-reactive ketones (excluding diaryl/α,β-unsaturated/α-hetero) is 1. The van der Waals surface area contributed by atoms with Crippen LogP contribution in [0.5, 0.6) is 17.2 Å². The van der Waals surface area contributed by atoms with Crippen LogP contribution in [0.25, 0.3) is 11.1 Å². The Labute approximate surface area is 176 Å². The van der Waals surface area contributed by atoms with Gasteiger partial charge in [-0.05, 0) is 42.5 Å². The quantitative estimate of drug-likeness (QED) is 0.479. The standard InChI is InChI=1S/C24H26O6/c1-27-21-12-10-19(16-7-4-8-18-17(16)9-11-20(18)25)22(23(21)28-2)29-13-14-30-24(26)15-5-3-6-15/h4,7-8,10,12,15H,3,5-6,9,11,13-14H2,1-2H3. The number of carbonyl (C=O) groups excluding carboxylic acids is 2. The Balaban J connectivity index is 1.61. The van der Waals surface area contributed by atoms with E-state index < -0.39 is 0 Å². The molecule has 0 radical (unpaired) electrons. The van der Waals surface area contributed by atoms with Crippen molar-refractivity contribution >= 4 is 11.8 Å². The zero-order valence-electron chi connectivity index (χ0n) is 17.4. The number of carbonyl (C=O) groups is 2. The number of hydrogen-bond acceptors (Lipinski definition) is 6. The number of rotatable bonds is 8. The Hall–Kier alpha value is -3.02. The summed E-state index contributed by atoms with van der Waals surface area (Å²) in [5.41, 5.74) is 3.56. The highest BCUT2D eigenvalue weighted by Gasteiger charge is 2.27. The van der Waals surface area contributed by atoms with E-state index in [4.69, 9.17) is 18.9 Å². The molecule has 6 nitrogen and oxygen atoms in total. The Bertz CT molecular complexity index is 960. The van der Waals surface area contributed by atoms with Crippen LogP contribution >= 0.6 is 0 Å². The molecule has 158 valence electrons. The topological polar surface area (TPSA) is 71.1 Å². The Kier molecular flexibility index (Phi) is 5.93. The summed E-state index contributed by atoms with van der Waals surface area (Å²) in [4.78, 5) is 24.1. The van der Waals surface area contributed by atoms with Gasteiger partial charge in [0.05, 0.1) is 20.1 Å². The Morgan fingerprint density at radius 2 is 1.73 bits per heavy atom. The van der Waals surface area contributed by atoms with Crippen LogP contribution in [-0.2, 0) is 16.0 Å². The zero-order chi connectivity index (χ0) is 21.1. The van der Waals surface area contributed by atoms with Gasteiger partial charge in [-0.3, -0.25) is 9.59 Å². The molecule has 0 atom stereocenters. The van der Waals surface area contributed by atoms with Crippen molar-refractivity contribution in [3.8, 4) is 28.4 Å². The van der Waals surface area contributed by atoms with Gasteiger partial charge >= 0.3 is 5.97 Å². The van der Waals surface area contributed by atoms with Gasteiger partial charge in [-0.2, -0.15) is 0 Å². The summed E-state index contributed by atoms with van der Waals surface area (Å²) in [5.74, 6) is 1.59. The molecular formula is C24H26O6. The van der Waals surface area contributed by atoms with E-state index in [1.165, 1.54) is 0 Å². The molecule has 4 rings (SSSR count). The summed E-state index contributed by atoms with van der Waals surface area (Å²) in [6.45, 7) is 0.365. The normalized spacial score (nSPS) is 15.3. The van der Waals surface area contributed by atoms with E-state index in [0.717, 1.165) is 41.5 Å². The van der Waals surface area contributed by atoms with Crippen molar-refractivity contribution in [3.05, 3.63) is 41.5 Å². The number of benzene rings is 2. The van der Waals surface area contributed by atoms with Crippen LogP contribution in [0.2, 0.25) is 0 Å². The number of methoxy groups -OCH3 is 2. The van der Waals surface area contributed by atoms with Gasteiger partial charge in [-0.25, -0.2) is 0 Å². The Morgan fingerprint density at radius 3 is 2.43 bits per heavy atom. The molecule has 6 heteroatoms. The molecule has 0 aromatic heterocycles. The number of ether oxygens (including phenoxy) is 4. The van der Waals surface area contributed by atoms with Gasteiger partial charge in [0.25, 0.3) is 0 Å². The van der Waals surface area contributed by atoms with E-state index in [1.807, 2.05) is 30.3 Å². The predicted molar refractivity (Wildman–Crippen MR) is 111 cm³/mol. The van der Waals surface area contributed by atoms with Crippen LogP contribution in [0.3, 0.4) is 0 Å². The second-order valence-corrected chi connectivity index (χ2v) is 7.58. The fourth-order valence-corrected chi connectivity index (χ4v) is 4.04. The van der Waals surface area contributed by atoms with Gasteiger partial charge in [0.15, 0.2) is 17.3 Å². The lowest BCUT2D eigenvalue weighted by atomic mass is 9.86. The van der Waals surface area contributed by atoms with Crippen molar-refractivity contribution in [2.45, 2.75) is 32.1 Å². The predicted octanol–water partition coefficient (Wildman–Crippen LogP) is 4.22. The molecule has 2 aromatic rings. The number of ketones is 1. The fraction of sp³-hybridized carbons (Fsp3) is 0.417. The van der Waals surface area contributed by atoms with Crippen LogP contribution in [0.1, 0.15) is 41.6 Å². The second kappa shape index (κ2) is 8.78. The minimum atomic E-state index is -0.151. The van der Waals surface area contributed by atoms with Crippen molar-refractivity contribution in [2.75, 3.05) is 27.4 Å². The van der Waals surface area contributed by atoms with Crippen molar-refractivity contribution in [1.82, 2.24) is 0 Å². The monoisotopic (exact) mass is 410 g/mol. The average Bonchev–Trinajstić information content (AvgIpc) is 3.10. The highest BCUT2D eigenvalue weighted by atomic mass is 16.6. The molecule has 0 N–H and O–H groups in total. The van der Waals surface area contributed by atoms with E-state index in [9.17, 15) is 9.59 Å². The van der Waals surface area contributed by atoms with Gasteiger partial charge in [-0.1, -0.05) is 24.6 Å². The first-order valence-electron chi connectivity index (χ1n) is 10.3. The molecule has 2 aliphatic carbocycles. The molecule has 0 amide bonds. The van der Waals surface area contributed by atoms with E-state index >= 15 is 0 Å². The molecular weight excluding hydrogens is 384 g/mol. The number of fused-ring (bicyclic) bond motifs is 1. The van der Waals surface area contributed by atoms with E-state index in [1.54, 1.807) is 14.2 Å². The molecule has 2 aliphatic rings. The number of hydrogen-bond donors (Lipinski definition) is 0. The first-order valence-corrected chi connectivity index (χ1v) is 10.3. The van der Waals surface area contributed by atoms with Crippen LogP contribution in [0.4, 0.5) is 0 Å². The smallest absolute Gasteiger partial charge is 0.309 e. The molecule has 1 fully saturated rings. The third-order valence-electron chi connectivity index (χ3n) is 5.88. The molecule has 0 aliphatic heterocycles. The highest BCUT2D eigenvalue weighted by Crippen LogP contribution is 2.46. The lowest BCUT2D eigenvalue weighted by Gasteiger charge is -2.23. The SMILES string of the molecule is COc1ccc(-c2cccc3c2CCC3=O)c(OCCOC(=O)C2CCC2)c1OC. The maximum Gasteiger partial charge on any atom is 0.309 e. The van der Waals surface area contributed by atoms with Crippen LogP contribution in [0.15, 0.2) is 30.3 Å². The van der Waals surface area contributed by atoms with Crippen molar-refractivity contribution in [2.24, 2.45) is 5.92 Å². The first-order chi connectivity index (χ1) is 14.6. The van der Waals surface area contributed by atoms with Gasteiger partial charge in [0, 0.05) is 17.5 Å². The lowest BCUT2D eigenvalue weighted by Crippen LogP contribution is -2.25. The third-order valence-corrected chi connectivity index (χ3v) is 5.88. The first kappa shape index (κ1) is 20.3. The minimum Gasteiger partial charge on any atom is -0.493 e. The summed E-state index contributed by atoms with van der Waals surface area (Å²) in [5, 5.41) is 0. The molecule has 2 aromatic carbocycles. The minimum absolute atomic E-state index is 0.0383. The van der Waals surface area contributed by atoms with Crippen molar-refractivity contribution < 1.29 is 28.5 Å². The number of esters is 1. The summed E-state index contributed by atoms with van der Waals surface area (Å²) >= 11 is 0.